The molecule has 0 aliphatic carbocycles. The van der Waals surface area contributed by atoms with Crippen molar-refractivity contribution in [3.8, 4) is 10.6 Å². The normalized spacial score (nSPS) is 11.4. The highest BCUT2D eigenvalue weighted by Gasteiger charge is 2.30. The molecule has 0 atom stereocenters. The number of nitrogens with zero attached hydrogens (tertiary/aromatic N) is 1. The van der Waals surface area contributed by atoms with E-state index in [0.717, 1.165) is 30.7 Å². The van der Waals surface area contributed by atoms with Crippen molar-refractivity contribution in [2.45, 2.75) is 32.4 Å². The van der Waals surface area contributed by atoms with Crippen LogP contribution in [0, 0.1) is 0 Å². The van der Waals surface area contributed by atoms with Gasteiger partial charge in [-0.2, -0.15) is 13.2 Å². The molecule has 0 spiro atoms. The Hall–Kier alpha value is -2.67. The van der Waals surface area contributed by atoms with Gasteiger partial charge in [0, 0.05) is 16.6 Å². The number of carbonyl (C=O) groups excluding carboxylic acids is 1. The number of alkyl halides is 3. The van der Waals surface area contributed by atoms with Gasteiger partial charge >= 0.3 is 6.18 Å². The molecule has 146 valence electrons. The van der Waals surface area contributed by atoms with Crippen molar-refractivity contribution in [1.82, 2.24) is 4.98 Å². The van der Waals surface area contributed by atoms with E-state index in [9.17, 15) is 18.0 Å². The van der Waals surface area contributed by atoms with Gasteiger partial charge in [0.1, 0.15) is 5.01 Å². The maximum absolute atomic E-state index is 12.7. The van der Waals surface area contributed by atoms with Crippen molar-refractivity contribution in [3.63, 3.8) is 0 Å². The first-order valence-electron chi connectivity index (χ1n) is 8.86. The molecule has 3 rings (SSSR count). The highest BCUT2D eigenvalue weighted by molar-refractivity contribution is 7.13. The fraction of sp³-hybridized carbons (Fsp3) is 0.238. The van der Waals surface area contributed by atoms with Crippen molar-refractivity contribution in [2.24, 2.45) is 0 Å². The standard InChI is InChI=1S/C21H19F3N2OS/c1-2-3-14-4-10-17(11-5-14)25-19(27)12-18-13-28-20(26-18)15-6-8-16(9-7-15)21(22,23)24/h4-11,13H,2-3,12H2,1H3,(H,25,27). The molecule has 1 N–H and O–H groups in total. The molecule has 0 aliphatic heterocycles. The number of thiazole rings is 1. The first-order valence-corrected chi connectivity index (χ1v) is 9.74. The van der Waals surface area contributed by atoms with E-state index in [1.54, 1.807) is 5.38 Å². The zero-order chi connectivity index (χ0) is 20.1. The summed E-state index contributed by atoms with van der Waals surface area (Å²) < 4.78 is 38.0. The molecule has 1 aromatic heterocycles. The Balaban J connectivity index is 1.61. The number of aromatic nitrogens is 1. The van der Waals surface area contributed by atoms with Crippen molar-refractivity contribution >= 4 is 22.9 Å². The fourth-order valence-corrected chi connectivity index (χ4v) is 3.56. The molecule has 3 aromatic rings. The van der Waals surface area contributed by atoms with Crippen LogP contribution in [0.25, 0.3) is 10.6 Å². The number of hydrogen-bond acceptors (Lipinski definition) is 3. The second kappa shape index (κ2) is 8.56. The SMILES string of the molecule is CCCc1ccc(NC(=O)Cc2csc(-c3ccc(C(F)(F)F)cc3)n2)cc1. The van der Waals surface area contributed by atoms with Gasteiger partial charge in [0.05, 0.1) is 17.7 Å². The Bertz CT molecular complexity index is 932. The van der Waals surface area contributed by atoms with E-state index in [1.807, 2.05) is 24.3 Å². The number of benzene rings is 2. The van der Waals surface area contributed by atoms with Crippen LogP contribution in [0.2, 0.25) is 0 Å². The number of amides is 1. The van der Waals surface area contributed by atoms with Crippen molar-refractivity contribution in [1.29, 1.82) is 0 Å². The Morgan fingerprint density at radius 1 is 1.07 bits per heavy atom. The molecule has 2 aromatic carbocycles. The Morgan fingerprint density at radius 3 is 2.36 bits per heavy atom. The van der Waals surface area contributed by atoms with E-state index >= 15 is 0 Å². The van der Waals surface area contributed by atoms with Crippen LogP contribution in [-0.2, 0) is 23.8 Å². The van der Waals surface area contributed by atoms with Gasteiger partial charge in [0.2, 0.25) is 5.91 Å². The van der Waals surface area contributed by atoms with Crippen LogP contribution in [0.3, 0.4) is 0 Å². The quantitative estimate of drug-likeness (QED) is 0.551. The van der Waals surface area contributed by atoms with Crippen molar-refractivity contribution in [2.75, 3.05) is 5.32 Å². The van der Waals surface area contributed by atoms with Crippen LogP contribution in [0.15, 0.2) is 53.9 Å². The molecule has 0 saturated heterocycles. The van der Waals surface area contributed by atoms with Crippen LogP contribution in [-0.4, -0.2) is 10.9 Å². The van der Waals surface area contributed by atoms with E-state index in [2.05, 4.69) is 17.2 Å². The van der Waals surface area contributed by atoms with Gasteiger partial charge in [0.15, 0.2) is 0 Å². The number of aryl methyl sites for hydroxylation is 1. The number of rotatable bonds is 6. The highest BCUT2D eigenvalue weighted by atomic mass is 32.1. The lowest BCUT2D eigenvalue weighted by molar-refractivity contribution is -0.137. The van der Waals surface area contributed by atoms with Crippen LogP contribution in [0.1, 0.15) is 30.2 Å². The second-order valence-corrected chi connectivity index (χ2v) is 7.25. The van der Waals surface area contributed by atoms with Crippen molar-refractivity contribution < 1.29 is 18.0 Å². The number of carbonyl (C=O) groups is 1. The molecule has 0 aliphatic rings. The van der Waals surface area contributed by atoms with Crippen LogP contribution in [0.4, 0.5) is 18.9 Å². The molecule has 28 heavy (non-hydrogen) atoms. The summed E-state index contributed by atoms with van der Waals surface area (Å²) in [5.41, 5.74) is 2.43. The lowest BCUT2D eigenvalue weighted by Crippen LogP contribution is -2.14. The van der Waals surface area contributed by atoms with Gasteiger partial charge in [-0.1, -0.05) is 37.6 Å². The Labute approximate surface area is 165 Å². The van der Waals surface area contributed by atoms with E-state index in [1.165, 1.54) is 29.0 Å². The maximum Gasteiger partial charge on any atom is 0.416 e. The van der Waals surface area contributed by atoms with Gasteiger partial charge in [0.25, 0.3) is 0 Å². The predicted molar refractivity (Wildman–Crippen MR) is 105 cm³/mol. The topological polar surface area (TPSA) is 42.0 Å². The van der Waals surface area contributed by atoms with Crippen molar-refractivity contribution in [3.05, 3.63) is 70.7 Å². The summed E-state index contributed by atoms with van der Waals surface area (Å²) in [6.45, 7) is 2.11. The summed E-state index contributed by atoms with van der Waals surface area (Å²) in [5, 5.41) is 5.16. The molecule has 3 nitrogen and oxygen atoms in total. The van der Waals surface area contributed by atoms with Crippen LogP contribution >= 0.6 is 11.3 Å². The highest BCUT2D eigenvalue weighted by Crippen LogP contribution is 2.31. The molecule has 1 amide bonds. The number of halogens is 3. The summed E-state index contributed by atoms with van der Waals surface area (Å²) in [6, 6.07) is 12.6. The maximum atomic E-state index is 12.7. The summed E-state index contributed by atoms with van der Waals surface area (Å²) in [4.78, 5) is 16.6. The molecule has 0 fully saturated rings. The number of anilines is 1. The van der Waals surface area contributed by atoms with Gasteiger partial charge in [-0.15, -0.1) is 11.3 Å². The van der Waals surface area contributed by atoms with Crippen LogP contribution < -0.4 is 5.32 Å². The van der Waals surface area contributed by atoms with Gasteiger partial charge in [-0.05, 0) is 36.2 Å². The van der Waals surface area contributed by atoms with E-state index in [0.29, 0.717) is 16.3 Å². The van der Waals surface area contributed by atoms with E-state index < -0.39 is 11.7 Å². The van der Waals surface area contributed by atoms with Gasteiger partial charge in [-0.25, -0.2) is 4.98 Å². The minimum absolute atomic E-state index is 0.105. The largest absolute Gasteiger partial charge is 0.416 e. The first kappa shape index (κ1) is 20.1. The van der Waals surface area contributed by atoms with E-state index in [-0.39, 0.29) is 12.3 Å². The molecular weight excluding hydrogens is 385 g/mol. The van der Waals surface area contributed by atoms with Gasteiger partial charge < -0.3 is 5.32 Å². The molecule has 0 unspecified atom stereocenters. The van der Waals surface area contributed by atoms with Crippen LogP contribution in [0.5, 0.6) is 0 Å². The summed E-state index contributed by atoms with van der Waals surface area (Å²) in [7, 11) is 0. The number of nitrogens with one attached hydrogen (secondary N) is 1. The average Bonchev–Trinajstić information content (AvgIpc) is 3.11. The minimum atomic E-state index is -4.36. The third-order valence-corrected chi connectivity index (χ3v) is 5.07. The summed E-state index contributed by atoms with van der Waals surface area (Å²) >= 11 is 1.30. The lowest BCUT2D eigenvalue weighted by Gasteiger charge is -2.06. The second-order valence-electron chi connectivity index (χ2n) is 6.39. The monoisotopic (exact) mass is 404 g/mol. The minimum Gasteiger partial charge on any atom is -0.326 e. The lowest BCUT2D eigenvalue weighted by atomic mass is 10.1. The Kier molecular flexibility index (Phi) is 6.14. The average molecular weight is 404 g/mol. The molecule has 0 radical (unpaired) electrons. The molecule has 0 saturated carbocycles. The zero-order valence-corrected chi connectivity index (χ0v) is 16.0. The fourth-order valence-electron chi connectivity index (χ4n) is 2.74. The zero-order valence-electron chi connectivity index (χ0n) is 15.2. The summed E-state index contributed by atoms with van der Waals surface area (Å²) in [6.07, 6.45) is -2.19. The van der Waals surface area contributed by atoms with Gasteiger partial charge in [-0.3, -0.25) is 4.79 Å². The predicted octanol–water partition coefficient (Wildman–Crippen LogP) is 5.96. The smallest absolute Gasteiger partial charge is 0.326 e. The molecular formula is C21H19F3N2OS. The summed E-state index contributed by atoms with van der Waals surface area (Å²) in [5.74, 6) is -0.187. The molecule has 7 heteroatoms. The Morgan fingerprint density at radius 2 is 1.75 bits per heavy atom. The first-order chi connectivity index (χ1) is 13.3. The molecule has 0 bridgehead atoms. The third kappa shape index (κ3) is 5.19. The molecule has 1 heterocycles. The number of hydrogen-bond donors (Lipinski definition) is 1. The third-order valence-electron chi connectivity index (χ3n) is 4.13. The van der Waals surface area contributed by atoms with E-state index in [4.69, 9.17) is 0 Å².